The van der Waals surface area contributed by atoms with Crippen LogP contribution in [0.2, 0.25) is 5.02 Å². The Morgan fingerprint density at radius 3 is 2.36 bits per heavy atom. The van der Waals surface area contributed by atoms with Crippen molar-refractivity contribution in [2.75, 3.05) is 4.72 Å². The van der Waals surface area contributed by atoms with Crippen LogP contribution in [0.1, 0.15) is 11.1 Å². The summed E-state index contributed by atoms with van der Waals surface area (Å²) in [7, 11) is -4.48. The Balaban J connectivity index is 2.51. The quantitative estimate of drug-likeness (QED) is 0.615. The first-order chi connectivity index (χ1) is 11.4. The highest BCUT2D eigenvalue weighted by molar-refractivity contribution is 7.92. The van der Waals surface area contributed by atoms with Gasteiger partial charge >= 0.3 is 6.18 Å². The number of alkyl halides is 3. The molecule has 6 nitrogen and oxygen atoms in total. The van der Waals surface area contributed by atoms with E-state index in [0.717, 1.165) is 24.3 Å². The van der Waals surface area contributed by atoms with Crippen LogP contribution in [-0.2, 0) is 16.2 Å². The van der Waals surface area contributed by atoms with Crippen molar-refractivity contribution >= 4 is 33.0 Å². The summed E-state index contributed by atoms with van der Waals surface area (Å²) in [6.45, 7) is 1.41. The van der Waals surface area contributed by atoms with Gasteiger partial charge in [0.2, 0.25) is 0 Å². The lowest BCUT2D eigenvalue weighted by molar-refractivity contribution is -0.385. The molecule has 1 N–H and O–H groups in total. The van der Waals surface area contributed by atoms with Crippen LogP contribution in [0.5, 0.6) is 0 Å². The molecule has 0 aromatic heterocycles. The molecule has 134 valence electrons. The Hall–Kier alpha value is -2.33. The van der Waals surface area contributed by atoms with Crippen LogP contribution in [0.25, 0.3) is 0 Å². The number of nitrogens with zero attached hydrogens (tertiary/aromatic N) is 1. The average molecular weight is 395 g/mol. The average Bonchev–Trinajstić information content (AvgIpc) is 2.47. The highest BCUT2D eigenvalue weighted by atomic mass is 35.5. The summed E-state index contributed by atoms with van der Waals surface area (Å²) in [6, 6.07) is 5.57. The number of benzene rings is 2. The van der Waals surface area contributed by atoms with Gasteiger partial charge in [-0.3, -0.25) is 14.8 Å². The van der Waals surface area contributed by atoms with Gasteiger partial charge in [-0.05, 0) is 31.2 Å². The Morgan fingerprint density at radius 1 is 1.16 bits per heavy atom. The number of hydrogen-bond donors (Lipinski definition) is 1. The van der Waals surface area contributed by atoms with Crippen molar-refractivity contribution in [3.63, 3.8) is 0 Å². The second-order valence-electron chi connectivity index (χ2n) is 5.00. The van der Waals surface area contributed by atoms with Gasteiger partial charge < -0.3 is 0 Å². The summed E-state index contributed by atoms with van der Waals surface area (Å²) in [5.41, 5.74) is -2.26. The molecule has 0 amide bonds. The van der Waals surface area contributed by atoms with Gasteiger partial charge in [-0.2, -0.15) is 13.2 Å². The van der Waals surface area contributed by atoms with Gasteiger partial charge in [0, 0.05) is 16.7 Å². The maximum absolute atomic E-state index is 13.0. The largest absolute Gasteiger partial charge is 0.418 e. The number of sulfonamides is 1. The maximum Gasteiger partial charge on any atom is 0.418 e. The van der Waals surface area contributed by atoms with Crippen molar-refractivity contribution < 1.29 is 26.5 Å². The third-order valence-corrected chi connectivity index (χ3v) is 4.82. The van der Waals surface area contributed by atoms with E-state index < -0.39 is 43.0 Å². The van der Waals surface area contributed by atoms with Crippen molar-refractivity contribution in [2.45, 2.75) is 18.0 Å². The molecule has 2 aromatic rings. The van der Waals surface area contributed by atoms with E-state index in [2.05, 4.69) is 0 Å². The lowest BCUT2D eigenvalue weighted by Gasteiger charge is -2.15. The molecular weight excluding hydrogens is 385 g/mol. The van der Waals surface area contributed by atoms with Gasteiger partial charge in [-0.25, -0.2) is 8.42 Å². The van der Waals surface area contributed by atoms with E-state index in [1.165, 1.54) is 13.0 Å². The molecule has 0 bridgehead atoms. The molecule has 0 radical (unpaired) electrons. The zero-order valence-corrected chi connectivity index (χ0v) is 14.0. The fraction of sp³-hybridized carbons (Fsp3) is 0.143. The molecular formula is C14H10ClF3N2O4S. The van der Waals surface area contributed by atoms with E-state index in [4.69, 9.17) is 11.6 Å². The molecule has 0 saturated carbocycles. The fourth-order valence-corrected chi connectivity index (χ4v) is 3.27. The molecule has 0 spiro atoms. The fourth-order valence-electron chi connectivity index (χ4n) is 2.00. The lowest BCUT2D eigenvalue weighted by Crippen LogP contribution is -2.17. The monoisotopic (exact) mass is 394 g/mol. The van der Waals surface area contributed by atoms with Crippen molar-refractivity contribution in [3.8, 4) is 0 Å². The number of nitrogens with one attached hydrogen (secondary N) is 1. The molecule has 0 aliphatic heterocycles. The zero-order valence-electron chi connectivity index (χ0n) is 12.5. The van der Waals surface area contributed by atoms with Gasteiger partial charge in [-0.15, -0.1) is 0 Å². The Kier molecular flexibility index (Phi) is 4.96. The van der Waals surface area contributed by atoms with Crippen LogP contribution in [0.15, 0.2) is 41.3 Å². The number of rotatable bonds is 4. The van der Waals surface area contributed by atoms with Gasteiger partial charge in [-0.1, -0.05) is 17.7 Å². The summed E-state index contributed by atoms with van der Waals surface area (Å²) in [5, 5.41) is 10.7. The topological polar surface area (TPSA) is 89.3 Å². The van der Waals surface area contributed by atoms with Gasteiger partial charge in [0.25, 0.3) is 15.7 Å². The maximum atomic E-state index is 13.0. The molecule has 0 atom stereocenters. The molecule has 2 rings (SSSR count). The third-order valence-electron chi connectivity index (χ3n) is 3.22. The number of hydrogen-bond acceptors (Lipinski definition) is 4. The molecule has 25 heavy (non-hydrogen) atoms. The first-order valence-electron chi connectivity index (χ1n) is 6.56. The predicted molar refractivity (Wildman–Crippen MR) is 85.1 cm³/mol. The number of aryl methyl sites for hydroxylation is 1. The van der Waals surface area contributed by atoms with Crippen LogP contribution in [-0.4, -0.2) is 13.3 Å². The number of nitro groups is 1. The van der Waals surface area contributed by atoms with Gasteiger partial charge in [0.05, 0.1) is 21.1 Å². The second-order valence-corrected chi connectivity index (χ2v) is 7.12. The van der Waals surface area contributed by atoms with Crippen LogP contribution < -0.4 is 4.72 Å². The Bertz CT molecular complexity index is 946. The first-order valence-corrected chi connectivity index (χ1v) is 8.42. The Morgan fingerprint density at radius 2 is 1.80 bits per heavy atom. The van der Waals surface area contributed by atoms with Crippen molar-refractivity contribution in [3.05, 3.63) is 62.7 Å². The second kappa shape index (κ2) is 6.52. The van der Waals surface area contributed by atoms with E-state index in [1.807, 2.05) is 0 Å². The van der Waals surface area contributed by atoms with Crippen molar-refractivity contribution in [1.82, 2.24) is 0 Å². The number of nitro benzene ring substituents is 1. The molecule has 0 unspecified atom stereocenters. The smallest absolute Gasteiger partial charge is 0.279 e. The summed E-state index contributed by atoms with van der Waals surface area (Å²) in [5.74, 6) is 0. The van der Waals surface area contributed by atoms with Crippen LogP contribution in [0.4, 0.5) is 24.5 Å². The summed E-state index contributed by atoms with van der Waals surface area (Å²) in [4.78, 5) is 9.59. The summed E-state index contributed by atoms with van der Waals surface area (Å²) < 4.78 is 65.6. The minimum Gasteiger partial charge on any atom is -0.279 e. The molecule has 2 aromatic carbocycles. The van der Waals surface area contributed by atoms with Crippen LogP contribution in [0.3, 0.4) is 0 Å². The van der Waals surface area contributed by atoms with Gasteiger partial charge in [0.1, 0.15) is 0 Å². The minimum atomic E-state index is -4.85. The first kappa shape index (κ1) is 19.0. The SMILES string of the molecule is Cc1ccc(S(=O)(=O)Nc2ccc(Cl)cc2C(F)(F)F)cc1[N+](=O)[O-]. The normalized spacial score (nSPS) is 12.0. The van der Waals surface area contributed by atoms with E-state index in [0.29, 0.717) is 6.07 Å². The highest BCUT2D eigenvalue weighted by Gasteiger charge is 2.35. The molecule has 0 fully saturated rings. The zero-order chi connectivity index (χ0) is 19.0. The van der Waals surface area contributed by atoms with Crippen LogP contribution in [0, 0.1) is 17.0 Å². The number of anilines is 1. The van der Waals surface area contributed by atoms with E-state index in [1.54, 1.807) is 4.72 Å². The summed E-state index contributed by atoms with van der Waals surface area (Å²) >= 11 is 5.53. The standard InChI is InChI=1S/C14H10ClF3N2O4S/c1-8-2-4-10(7-13(8)20(21)22)25(23,24)19-12-5-3-9(15)6-11(12)14(16,17)18/h2-7,19H,1H3. The molecule has 0 aliphatic carbocycles. The molecule has 0 heterocycles. The van der Waals surface area contributed by atoms with Crippen molar-refractivity contribution in [2.24, 2.45) is 0 Å². The van der Waals surface area contributed by atoms with Crippen LogP contribution >= 0.6 is 11.6 Å². The molecule has 0 aliphatic rings. The molecule has 11 heteroatoms. The Labute approximate surface area is 145 Å². The van der Waals surface area contributed by atoms with Gasteiger partial charge in [0.15, 0.2) is 0 Å². The van der Waals surface area contributed by atoms with E-state index >= 15 is 0 Å². The lowest BCUT2D eigenvalue weighted by atomic mass is 10.2. The third kappa shape index (κ3) is 4.20. The van der Waals surface area contributed by atoms with E-state index in [9.17, 15) is 31.7 Å². The number of halogens is 4. The van der Waals surface area contributed by atoms with E-state index in [-0.39, 0.29) is 10.6 Å². The van der Waals surface area contributed by atoms with Crippen molar-refractivity contribution in [1.29, 1.82) is 0 Å². The predicted octanol–water partition coefficient (Wildman–Crippen LogP) is 4.38. The summed E-state index contributed by atoms with van der Waals surface area (Å²) in [6.07, 6.45) is -4.85. The highest BCUT2D eigenvalue weighted by Crippen LogP contribution is 2.37. The minimum absolute atomic E-state index is 0.214. The molecule has 0 saturated heterocycles.